The molecule has 3 rings (SSSR count). The van der Waals surface area contributed by atoms with Gasteiger partial charge in [0.15, 0.2) is 6.54 Å². The quantitative estimate of drug-likeness (QED) is 0.643. The lowest BCUT2D eigenvalue weighted by Gasteiger charge is -2.20. The van der Waals surface area contributed by atoms with Crippen molar-refractivity contribution in [2.45, 2.75) is 51.6 Å². The first-order valence-electron chi connectivity index (χ1n) is 10.6. The maximum Gasteiger partial charge on any atom is 0.279 e. The van der Waals surface area contributed by atoms with Gasteiger partial charge in [0, 0.05) is 17.5 Å². The van der Waals surface area contributed by atoms with Gasteiger partial charge in [0.1, 0.15) is 6.04 Å². The average molecular weight is 395 g/mol. The van der Waals surface area contributed by atoms with E-state index in [9.17, 15) is 9.59 Å². The second kappa shape index (κ2) is 10.2. The standard InChI is InChI=1S/C24H31N3O2/c1-17(2)23(18-10-4-3-5-11-18)25-16-22(28)27-21-15-9-8-14-20(21)24(29)26-19-12-6-7-13-19/h3-5,8-11,14-15,17,19,23,25H,6-7,12-13,16H2,1-2H3,(H,26,29)(H,27,28)/p+1/t23-/m1/s1. The first-order valence-corrected chi connectivity index (χ1v) is 10.6. The molecule has 0 radical (unpaired) electrons. The minimum Gasteiger partial charge on any atom is -0.349 e. The van der Waals surface area contributed by atoms with E-state index >= 15 is 0 Å². The predicted octanol–water partition coefficient (Wildman–Crippen LogP) is 3.26. The van der Waals surface area contributed by atoms with Gasteiger partial charge in [-0.25, -0.2) is 0 Å². The zero-order chi connectivity index (χ0) is 20.6. The Hall–Kier alpha value is -2.66. The van der Waals surface area contributed by atoms with Gasteiger partial charge in [-0.2, -0.15) is 0 Å². The van der Waals surface area contributed by atoms with Crippen LogP contribution in [0.3, 0.4) is 0 Å². The zero-order valence-electron chi connectivity index (χ0n) is 17.4. The summed E-state index contributed by atoms with van der Waals surface area (Å²) < 4.78 is 0. The smallest absolute Gasteiger partial charge is 0.279 e. The molecule has 5 nitrogen and oxygen atoms in total. The number of carbonyl (C=O) groups is 2. The van der Waals surface area contributed by atoms with Crippen LogP contribution < -0.4 is 16.0 Å². The highest BCUT2D eigenvalue weighted by atomic mass is 16.2. The second-order valence-corrected chi connectivity index (χ2v) is 8.17. The lowest BCUT2D eigenvalue weighted by Crippen LogP contribution is -2.88. The van der Waals surface area contributed by atoms with Crippen molar-refractivity contribution in [1.82, 2.24) is 5.32 Å². The molecular formula is C24H32N3O2+. The van der Waals surface area contributed by atoms with Gasteiger partial charge >= 0.3 is 0 Å². The number of nitrogens with two attached hydrogens (primary N) is 1. The number of carbonyl (C=O) groups excluding carboxylic acids is 2. The van der Waals surface area contributed by atoms with Crippen LogP contribution in [0.25, 0.3) is 0 Å². The third-order valence-electron chi connectivity index (χ3n) is 5.60. The van der Waals surface area contributed by atoms with E-state index in [2.05, 4.69) is 41.9 Å². The Morgan fingerprint density at radius 3 is 2.34 bits per heavy atom. The molecule has 1 aliphatic rings. The van der Waals surface area contributed by atoms with Crippen molar-refractivity contribution >= 4 is 17.5 Å². The van der Waals surface area contributed by atoms with Crippen molar-refractivity contribution in [3.8, 4) is 0 Å². The van der Waals surface area contributed by atoms with Gasteiger partial charge in [0.2, 0.25) is 0 Å². The number of hydrogen-bond acceptors (Lipinski definition) is 2. The van der Waals surface area contributed by atoms with Gasteiger partial charge < -0.3 is 16.0 Å². The summed E-state index contributed by atoms with van der Waals surface area (Å²) in [4.78, 5) is 25.3. The molecule has 4 N–H and O–H groups in total. The van der Waals surface area contributed by atoms with Crippen LogP contribution in [0, 0.1) is 5.92 Å². The maximum absolute atomic E-state index is 12.7. The topological polar surface area (TPSA) is 74.8 Å². The highest BCUT2D eigenvalue weighted by molar-refractivity contribution is 6.04. The molecular weight excluding hydrogens is 362 g/mol. The summed E-state index contributed by atoms with van der Waals surface area (Å²) >= 11 is 0. The predicted molar refractivity (Wildman–Crippen MR) is 116 cm³/mol. The molecule has 154 valence electrons. The molecule has 0 aliphatic heterocycles. The zero-order valence-corrected chi connectivity index (χ0v) is 17.4. The van der Waals surface area contributed by atoms with Gasteiger partial charge in [-0.1, -0.05) is 69.2 Å². The molecule has 1 aliphatic carbocycles. The highest BCUT2D eigenvalue weighted by Gasteiger charge is 2.22. The number of quaternary nitrogens is 1. The number of nitrogens with one attached hydrogen (secondary N) is 2. The van der Waals surface area contributed by atoms with Crippen molar-refractivity contribution in [2.24, 2.45) is 5.92 Å². The SMILES string of the molecule is CC(C)[C@@H]([NH2+]CC(=O)Nc1ccccc1C(=O)NC1CCCC1)c1ccccc1. The number of amides is 2. The van der Waals surface area contributed by atoms with Crippen LogP contribution >= 0.6 is 0 Å². The summed E-state index contributed by atoms with van der Waals surface area (Å²) in [5.41, 5.74) is 2.31. The van der Waals surface area contributed by atoms with Crippen molar-refractivity contribution < 1.29 is 14.9 Å². The summed E-state index contributed by atoms with van der Waals surface area (Å²) in [7, 11) is 0. The van der Waals surface area contributed by atoms with E-state index in [0.717, 1.165) is 25.7 Å². The third kappa shape index (κ3) is 5.91. The molecule has 2 amide bonds. The van der Waals surface area contributed by atoms with Gasteiger partial charge in [0.05, 0.1) is 11.3 Å². The van der Waals surface area contributed by atoms with E-state index in [1.807, 2.05) is 30.3 Å². The Morgan fingerprint density at radius 2 is 1.66 bits per heavy atom. The Bertz CT molecular complexity index is 814. The van der Waals surface area contributed by atoms with E-state index in [-0.39, 0.29) is 23.9 Å². The lowest BCUT2D eigenvalue weighted by molar-refractivity contribution is -0.692. The van der Waals surface area contributed by atoms with Crippen LogP contribution in [0.5, 0.6) is 0 Å². The summed E-state index contributed by atoms with van der Waals surface area (Å²) in [6.45, 7) is 4.62. The Balaban J connectivity index is 1.61. The van der Waals surface area contributed by atoms with Crippen LogP contribution in [0.1, 0.15) is 61.5 Å². The fourth-order valence-corrected chi connectivity index (χ4v) is 4.03. The van der Waals surface area contributed by atoms with Gasteiger partial charge in [-0.15, -0.1) is 0 Å². The number of para-hydroxylation sites is 1. The normalized spacial score (nSPS) is 15.3. The van der Waals surface area contributed by atoms with Crippen molar-refractivity contribution in [2.75, 3.05) is 11.9 Å². The largest absolute Gasteiger partial charge is 0.349 e. The fraction of sp³-hybridized carbons (Fsp3) is 0.417. The number of rotatable bonds is 8. The maximum atomic E-state index is 12.7. The van der Waals surface area contributed by atoms with Gasteiger partial charge in [-0.3, -0.25) is 9.59 Å². The summed E-state index contributed by atoms with van der Waals surface area (Å²) in [6, 6.07) is 17.9. The highest BCUT2D eigenvalue weighted by Crippen LogP contribution is 2.20. The van der Waals surface area contributed by atoms with Gasteiger partial charge in [0.25, 0.3) is 11.8 Å². The number of benzene rings is 2. The average Bonchev–Trinajstić information content (AvgIpc) is 3.22. The number of anilines is 1. The van der Waals surface area contributed by atoms with Crippen LogP contribution in [0.4, 0.5) is 5.69 Å². The van der Waals surface area contributed by atoms with Crippen LogP contribution in [0.2, 0.25) is 0 Å². The molecule has 5 heteroatoms. The third-order valence-corrected chi connectivity index (χ3v) is 5.60. The molecule has 0 saturated heterocycles. The molecule has 0 unspecified atom stereocenters. The van der Waals surface area contributed by atoms with E-state index < -0.39 is 0 Å². The van der Waals surface area contributed by atoms with E-state index in [1.165, 1.54) is 5.56 Å². The van der Waals surface area contributed by atoms with Crippen molar-refractivity contribution in [3.05, 3.63) is 65.7 Å². The molecule has 1 saturated carbocycles. The van der Waals surface area contributed by atoms with Crippen LogP contribution in [0.15, 0.2) is 54.6 Å². The number of hydrogen-bond donors (Lipinski definition) is 3. The van der Waals surface area contributed by atoms with E-state index in [1.54, 1.807) is 12.1 Å². The Morgan fingerprint density at radius 1 is 1.00 bits per heavy atom. The first-order chi connectivity index (χ1) is 14.0. The summed E-state index contributed by atoms with van der Waals surface area (Å²) in [5.74, 6) is 0.184. The molecule has 0 bridgehead atoms. The summed E-state index contributed by atoms with van der Waals surface area (Å²) in [5, 5.41) is 8.09. The fourth-order valence-electron chi connectivity index (χ4n) is 4.03. The molecule has 0 heterocycles. The summed E-state index contributed by atoms with van der Waals surface area (Å²) in [6.07, 6.45) is 4.39. The van der Waals surface area contributed by atoms with E-state index in [0.29, 0.717) is 23.7 Å². The van der Waals surface area contributed by atoms with Crippen molar-refractivity contribution in [1.29, 1.82) is 0 Å². The van der Waals surface area contributed by atoms with Crippen LogP contribution in [-0.2, 0) is 4.79 Å². The molecule has 2 aromatic rings. The minimum atomic E-state index is -0.110. The molecule has 0 aromatic heterocycles. The molecule has 1 fully saturated rings. The van der Waals surface area contributed by atoms with Crippen LogP contribution in [-0.4, -0.2) is 24.4 Å². The first kappa shape index (κ1) is 21.1. The molecule has 0 spiro atoms. The second-order valence-electron chi connectivity index (χ2n) is 8.17. The molecule has 29 heavy (non-hydrogen) atoms. The van der Waals surface area contributed by atoms with Gasteiger partial charge in [-0.05, 0) is 25.0 Å². The molecule has 2 aromatic carbocycles. The Kier molecular flexibility index (Phi) is 7.42. The van der Waals surface area contributed by atoms with Crippen molar-refractivity contribution in [3.63, 3.8) is 0 Å². The molecule has 1 atom stereocenters. The monoisotopic (exact) mass is 394 g/mol. The lowest BCUT2D eigenvalue weighted by atomic mass is 9.96. The van der Waals surface area contributed by atoms with E-state index in [4.69, 9.17) is 0 Å². The minimum absolute atomic E-state index is 0.104. The Labute approximate surface area is 173 Å².